The Morgan fingerprint density at radius 3 is 2.38 bits per heavy atom. The molecule has 1 aromatic carbocycles. The molecular weight excluding hydrogens is 408 g/mol. The van der Waals surface area contributed by atoms with Gasteiger partial charge in [0.15, 0.2) is 0 Å². The smallest absolute Gasteiger partial charge is 0.328 e. The molecule has 2 fully saturated rings. The van der Waals surface area contributed by atoms with Gasteiger partial charge in [-0.2, -0.15) is 0 Å². The van der Waals surface area contributed by atoms with Gasteiger partial charge in [0, 0.05) is 45.7 Å². The highest BCUT2D eigenvalue weighted by Crippen LogP contribution is 2.38. The normalized spacial score (nSPS) is 18.6. The molecule has 0 saturated carbocycles. The Labute approximate surface area is 188 Å². The van der Waals surface area contributed by atoms with Crippen LogP contribution < -0.4 is 4.74 Å². The number of hydrogen-bond donors (Lipinski definition) is 0. The number of benzene rings is 1. The Kier molecular flexibility index (Phi) is 6.72. The van der Waals surface area contributed by atoms with E-state index in [4.69, 9.17) is 9.47 Å². The van der Waals surface area contributed by atoms with Crippen molar-refractivity contribution in [1.29, 1.82) is 0 Å². The first-order valence-electron chi connectivity index (χ1n) is 10.9. The maximum absolute atomic E-state index is 13.6. The van der Waals surface area contributed by atoms with Crippen LogP contribution in [0, 0.1) is 0 Å². The average Bonchev–Trinajstić information content (AvgIpc) is 3.01. The predicted molar refractivity (Wildman–Crippen MR) is 119 cm³/mol. The number of urea groups is 1. The summed E-state index contributed by atoms with van der Waals surface area (Å²) in [7, 11) is 3.27. The summed E-state index contributed by atoms with van der Waals surface area (Å²) >= 11 is 0. The SMILES string of the molecule is COCCN1C(=O)N(Cc2cccnc2)C(=O)C12CCN(Cc1ccc(OC)cc1)CC2. The van der Waals surface area contributed by atoms with E-state index in [2.05, 4.69) is 22.0 Å². The molecule has 2 aliphatic rings. The van der Waals surface area contributed by atoms with Crippen molar-refractivity contribution in [1.82, 2.24) is 19.7 Å². The van der Waals surface area contributed by atoms with Crippen LogP contribution in [0.3, 0.4) is 0 Å². The number of ether oxygens (including phenoxy) is 2. The summed E-state index contributed by atoms with van der Waals surface area (Å²) in [5.74, 6) is 0.732. The average molecular weight is 439 g/mol. The molecule has 2 aromatic rings. The van der Waals surface area contributed by atoms with Crippen LogP contribution in [0.4, 0.5) is 4.79 Å². The quantitative estimate of drug-likeness (QED) is 0.590. The fourth-order valence-electron chi connectivity index (χ4n) is 4.64. The Bertz CT molecular complexity index is 927. The molecule has 3 heterocycles. The van der Waals surface area contributed by atoms with Gasteiger partial charge in [0.25, 0.3) is 5.91 Å². The first-order chi connectivity index (χ1) is 15.6. The molecule has 0 atom stereocenters. The number of imide groups is 1. The minimum absolute atomic E-state index is 0.105. The van der Waals surface area contributed by atoms with Gasteiger partial charge in [-0.15, -0.1) is 0 Å². The lowest BCUT2D eigenvalue weighted by atomic mass is 9.85. The van der Waals surface area contributed by atoms with Crippen LogP contribution in [0.25, 0.3) is 0 Å². The summed E-state index contributed by atoms with van der Waals surface area (Å²) in [5.41, 5.74) is 1.24. The number of carbonyl (C=O) groups is 2. The van der Waals surface area contributed by atoms with E-state index in [0.29, 0.717) is 26.0 Å². The lowest BCUT2D eigenvalue weighted by Crippen LogP contribution is -2.57. The molecule has 170 valence electrons. The largest absolute Gasteiger partial charge is 0.497 e. The molecule has 0 radical (unpaired) electrons. The molecule has 0 bridgehead atoms. The number of nitrogens with zero attached hydrogens (tertiary/aromatic N) is 4. The third-order valence-electron chi connectivity index (χ3n) is 6.45. The zero-order valence-corrected chi connectivity index (χ0v) is 18.7. The fraction of sp³-hybridized carbons (Fsp3) is 0.458. The summed E-state index contributed by atoms with van der Waals surface area (Å²) in [6.45, 7) is 3.34. The van der Waals surface area contributed by atoms with Crippen LogP contribution in [0.2, 0.25) is 0 Å². The fourth-order valence-corrected chi connectivity index (χ4v) is 4.64. The monoisotopic (exact) mass is 438 g/mol. The van der Waals surface area contributed by atoms with Crippen LogP contribution in [-0.2, 0) is 22.6 Å². The van der Waals surface area contributed by atoms with Gasteiger partial charge in [-0.3, -0.25) is 19.6 Å². The van der Waals surface area contributed by atoms with E-state index >= 15 is 0 Å². The van der Waals surface area contributed by atoms with Gasteiger partial charge >= 0.3 is 6.03 Å². The topological polar surface area (TPSA) is 75.2 Å². The van der Waals surface area contributed by atoms with Crippen molar-refractivity contribution in [2.24, 2.45) is 0 Å². The second-order valence-corrected chi connectivity index (χ2v) is 8.34. The van der Waals surface area contributed by atoms with Gasteiger partial charge in [-0.1, -0.05) is 18.2 Å². The molecule has 8 heteroatoms. The first kappa shape index (κ1) is 22.2. The highest BCUT2D eigenvalue weighted by molar-refractivity contribution is 6.07. The second-order valence-electron chi connectivity index (χ2n) is 8.34. The molecule has 2 aliphatic heterocycles. The molecule has 3 amide bonds. The number of piperidine rings is 1. The molecule has 8 nitrogen and oxygen atoms in total. The van der Waals surface area contributed by atoms with Gasteiger partial charge < -0.3 is 14.4 Å². The van der Waals surface area contributed by atoms with Crippen molar-refractivity contribution >= 4 is 11.9 Å². The van der Waals surface area contributed by atoms with Crippen LogP contribution >= 0.6 is 0 Å². The third kappa shape index (κ3) is 4.33. The van der Waals surface area contributed by atoms with Gasteiger partial charge in [-0.05, 0) is 42.2 Å². The van der Waals surface area contributed by atoms with E-state index in [-0.39, 0.29) is 18.5 Å². The maximum atomic E-state index is 13.6. The van der Waals surface area contributed by atoms with E-state index in [9.17, 15) is 9.59 Å². The van der Waals surface area contributed by atoms with Gasteiger partial charge in [0.05, 0.1) is 20.3 Å². The Morgan fingerprint density at radius 1 is 1.00 bits per heavy atom. The first-order valence-corrected chi connectivity index (χ1v) is 10.9. The second kappa shape index (κ2) is 9.67. The molecule has 0 aliphatic carbocycles. The van der Waals surface area contributed by atoms with Crippen molar-refractivity contribution in [3.05, 3.63) is 59.9 Å². The molecule has 1 aromatic heterocycles. The van der Waals surface area contributed by atoms with Crippen LogP contribution in [0.15, 0.2) is 48.8 Å². The lowest BCUT2D eigenvalue weighted by molar-refractivity contribution is -0.136. The number of carbonyl (C=O) groups excluding carboxylic acids is 2. The highest BCUT2D eigenvalue weighted by atomic mass is 16.5. The summed E-state index contributed by atoms with van der Waals surface area (Å²) < 4.78 is 10.5. The van der Waals surface area contributed by atoms with E-state index in [1.807, 2.05) is 24.3 Å². The molecular formula is C24H30N4O4. The summed E-state index contributed by atoms with van der Waals surface area (Å²) in [6.07, 6.45) is 4.60. The Hall–Kier alpha value is -2.97. The number of aromatic nitrogens is 1. The predicted octanol–water partition coefficient (Wildman–Crippen LogP) is 2.54. The zero-order chi connectivity index (χ0) is 22.6. The highest BCUT2D eigenvalue weighted by Gasteiger charge is 2.57. The number of hydrogen-bond acceptors (Lipinski definition) is 6. The van der Waals surface area contributed by atoms with Gasteiger partial charge in [0.2, 0.25) is 0 Å². The Balaban J connectivity index is 1.48. The zero-order valence-electron chi connectivity index (χ0n) is 18.7. The van der Waals surface area contributed by atoms with E-state index in [1.54, 1.807) is 31.5 Å². The number of likely N-dealkylation sites (tertiary alicyclic amines) is 1. The van der Waals surface area contributed by atoms with Crippen LogP contribution in [-0.4, -0.2) is 77.6 Å². The van der Waals surface area contributed by atoms with Crippen molar-refractivity contribution in [3.63, 3.8) is 0 Å². The summed E-state index contributed by atoms with van der Waals surface area (Å²) in [5, 5.41) is 0. The van der Waals surface area contributed by atoms with E-state index in [1.165, 1.54) is 10.5 Å². The standard InChI is InChI=1S/C24H30N4O4/c1-31-15-14-28-23(30)27(18-20-4-3-11-25-16-20)22(29)24(28)9-12-26(13-10-24)17-19-5-7-21(32-2)8-6-19/h3-8,11,16H,9-10,12-15,17-18H2,1-2H3. The number of rotatable bonds is 8. The minimum atomic E-state index is -0.797. The van der Waals surface area contributed by atoms with Gasteiger partial charge in [-0.25, -0.2) is 4.79 Å². The molecule has 32 heavy (non-hydrogen) atoms. The number of amides is 3. The van der Waals surface area contributed by atoms with Crippen molar-refractivity contribution < 1.29 is 19.1 Å². The lowest BCUT2D eigenvalue weighted by Gasteiger charge is -2.42. The van der Waals surface area contributed by atoms with Crippen LogP contribution in [0.5, 0.6) is 5.75 Å². The molecule has 0 N–H and O–H groups in total. The molecule has 0 unspecified atom stereocenters. The molecule has 4 rings (SSSR count). The summed E-state index contributed by atoms with van der Waals surface area (Å²) in [6, 6.07) is 11.5. The van der Waals surface area contributed by atoms with Crippen molar-refractivity contribution in [2.75, 3.05) is 40.5 Å². The van der Waals surface area contributed by atoms with Crippen molar-refractivity contribution in [3.8, 4) is 5.75 Å². The molecule has 2 saturated heterocycles. The number of pyridine rings is 1. The minimum Gasteiger partial charge on any atom is -0.497 e. The Morgan fingerprint density at radius 2 is 1.75 bits per heavy atom. The van der Waals surface area contributed by atoms with Crippen molar-refractivity contribution in [2.45, 2.75) is 31.5 Å². The summed E-state index contributed by atoms with van der Waals surface area (Å²) in [4.78, 5) is 36.4. The number of methoxy groups -OCH3 is 2. The van der Waals surface area contributed by atoms with Gasteiger partial charge in [0.1, 0.15) is 11.3 Å². The van der Waals surface area contributed by atoms with E-state index in [0.717, 1.165) is 30.9 Å². The van der Waals surface area contributed by atoms with Crippen LogP contribution in [0.1, 0.15) is 24.0 Å². The maximum Gasteiger partial charge on any atom is 0.328 e. The third-order valence-corrected chi connectivity index (χ3v) is 6.45. The van der Waals surface area contributed by atoms with E-state index < -0.39 is 5.54 Å². The molecule has 1 spiro atoms.